The summed E-state index contributed by atoms with van der Waals surface area (Å²) in [6.45, 7) is 3.08. The van der Waals surface area contributed by atoms with E-state index in [0.29, 0.717) is 17.5 Å². The number of anilines is 3. The van der Waals surface area contributed by atoms with Crippen molar-refractivity contribution < 1.29 is 9.53 Å². The first-order valence-corrected chi connectivity index (χ1v) is 13.1. The van der Waals surface area contributed by atoms with Crippen LogP contribution in [0, 0.1) is 6.92 Å². The van der Waals surface area contributed by atoms with E-state index >= 15 is 0 Å². The molecule has 6 rings (SSSR count). The molecule has 2 aromatic heterocycles. The number of aromatic amines is 1. The number of aryl methyl sites for hydroxylation is 1. The standard InChI is InChI=1S/C31H30N6O2/c1-20-16-22(7-11-29(20)39-25-9-5-21-13-14-32-28(21)18-25)36-31-26-17-23(6-10-27(26)33-19-34-31)35-30(38)12-8-24-4-3-15-37(24)2/h5-14,16-19,24,32H,3-4,15H2,1-2H3,(H,35,38)(H,33,34,36)/b12-8+. The number of carbonyl (C=O) groups excluding carboxylic acids is 1. The van der Waals surface area contributed by atoms with Crippen molar-refractivity contribution in [3.05, 3.63) is 90.9 Å². The molecule has 1 aliphatic rings. The zero-order valence-corrected chi connectivity index (χ0v) is 21.9. The zero-order valence-electron chi connectivity index (χ0n) is 21.9. The lowest BCUT2D eigenvalue weighted by Crippen LogP contribution is -2.23. The summed E-state index contributed by atoms with van der Waals surface area (Å²) in [6.07, 6.45) is 9.30. The molecule has 5 aromatic rings. The summed E-state index contributed by atoms with van der Waals surface area (Å²) in [6, 6.07) is 19.9. The van der Waals surface area contributed by atoms with Gasteiger partial charge in [-0.15, -0.1) is 0 Å². The molecule has 1 amide bonds. The van der Waals surface area contributed by atoms with Crippen molar-refractivity contribution in [3.8, 4) is 11.5 Å². The van der Waals surface area contributed by atoms with Gasteiger partial charge in [0, 0.05) is 46.7 Å². The molecular weight excluding hydrogens is 488 g/mol. The number of benzene rings is 3. The lowest BCUT2D eigenvalue weighted by Gasteiger charge is -2.14. The minimum Gasteiger partial charge on any atom is -0.457 e. The van der Waals surface area contributed by atoms with Crippen LogP contribution in [0.4, 0.5) is 17.2 Å². The third-order valence-corrected chi connectivity index (χ3v) is 7.14. The third-order valence-electron chi connectivity index (χ3n) is 7.14. The summed E-state index contributed by atoms with van der Waals surface area (Å²) in [7, 11) is 2.09. The molecule has 3 aromatic carbocycles. The Morgan fingerprint density at radius 2 is 1.97 bits per heavy atom. The first kappa shape index (κ1) is 24.6. The van der Waals surface area contributed by atoms with Crippen LogP contribution in [0.5, 0.6) is 11.5 Å². The molecule has 196 valence electrons. The second-order valence-electron chi connectivity index (χ2n) is 9.93. The largest absolute Gasteiger partial charge is 0.457 e. The highest BCUT2D eigenvalue weighted by Crippen LogP contribution is 2.31. The molecule has 1 fully saturated rings. The van der Waals surface area contributed by atoms with Gasteiger partial charge >= 0.3 is 0 Å². The third kappa shape index (κ3) is 5.46. The van der Waals surface area contributed by atoms with Gasteiger partial charge in [0.1, 0.15) is 23.6 Å². The number of H-pyrrole nitrogens is 1. The number of carbonyl (C=O) groups is 1. The molecule has 1 aliphatic heterocycles. The monoisotopic (exact) mass is 518 g/mol. The minimum atomic E-state index is -0.150. The number of hydrogen-bond acceptors (Lipinski definition) is 6. The van der Waals surface area contributed by atoms with Gasteiger partial charge in [0.05, 0.1) is 5.52 Å². The number of nitrogens with one attached hydrogen (secondary N) is 3. The maximum atomic E-state index is 12.6. The van der Waals surface area contributed by atoms with E-state index in [4.69, 9.17) is 4.74 Å². The highest BCUT2D eigenvalue weighted by Gasteiger charge is 2.18. The summed E-state index contributed by atoms with van der Waals surface area (Å²) in [5.41, 5.74) is 4.36. The lowest BCUT2D eigenvalue weighted by atomic mass is 10.1. The Bertz CT molecular complexity index is 1690. The van der Waals surface area contributed by atoms with Crippen molar-refractivity contribution in [1.29, 1.82) is 0 Å². The highest BCUT2D eigenvalue weighted by atomic mass is 16.5. The molecule has 0 saturated carbocycles. The minimum absolute atomic E-state index is 0.150. The Hall–Kier alpha value is -4.69. The molecule has 3 heterocycles. The number of aromatic nitrogens is 3. The molecule has 3 N–H and O–H groups in total. The predicted octanol–water partition coefficient (Wildman–Crippen LogP) is 6.54. The van der Waals surface area contributed by atoms with E-state index in [9.17, 15) is 4.79 Å². The van der Waals surface area contributed by atoms with E-state index < -0.39 is 0 Å². The van der Waals surface area contributed by atoms with Crippen LogP contribution in [0.15, 0.2) is 85.3 Å². The van der Waals surface area contributed by atoms with E-state index in [1.54, 1.807) is 6.08 Å². The molecule has 8 heteroatoms. The highest BCUT2D eigenvalue weighted by molar-refractivity contribution is 6.02. The van der Waals surface area contributed by atoms with Gasteiger partial charge in [-0.2, -0.15) is 0 Å². The van der Waals surface area contributed by atoms with E-state index in [0.717, 1.165) is 63.9 Å². The Morgan fingerprint density at radius 3 is 2.82 bits per heavy atom. The number of hydrogen-bond donors (Lipinski definition) is 3. The normalized spacial score (nSPS) is 15.8. The number of likely N-dealkylation sites (N-methyl/N-ethyl adjacent to an activating group) is 1. The van der Waals surface area contributed by atoms with E-state index in [2.05, 4.69) is 37.5 Å². The van der Waals surface area contributed by atoms with Crippen molar-refractivity contribution >= 4 is 44.9 Å². The zero-order chi connectivity index (χ0) is 26.8. The summed E-state index contributed by atoms with van der Waals surface area (Å²) in [5.74, 6) is 2.06. The molecule has 0 spiro atoms. The molecule has 1 unspecified atom stereocenters. The van der Waals surface area contributed by atoms with Crippen LogP contribution >= 0.6 is 0 Å². The van der Waals surface area contributed by atoms with Gasteiger partial charge in [-0.25, -0.2) is 9.97 Å². The number of rotatable bonds is 7. The molecule has 0 aliphatic carbocycles. The van der Waals surface area contributed by atoms with E-state index in [1.165, 1.54) is 6.33 Å². The summed E-state index contributed by atoms with van der Waals surface area (Å²) >= 11 is 0. The van der Waals surface area contributed by atoms with Gasteiger partial charge in [-0.05, 0) is 98.9 Å². The maximum absolute atomic E-state index is 12.6. The molecule has 39 heavy (non-hydrogen) atoms. The fraction of sp³-hybridized carbons (Fsp3) is 0.194. The predicted molar refractivity (Wildman–Crippen MR) is 156 cm³/mol. The fourth-order valence-electron chi connectivity index (χ4n) is 4.99. The number of ether oxygens (including phenoxy) is 1. The smallest absolute Gasteiger partial charge is 0.248 e. The van der Waals surface area contributed by atoms with Gasteiger partial charge in [-0.1, -0.05) is 6.08 Å². The Kier molecular flexibility index (Phi) is 6.69. The van der Waals surface area contributed by atoms with E-state index in [1.807, 2.05) is 79.9 Å². The van der Waals surface area contributed by atoms with Crippen molar-refractivity contribution in [2.24, 2.45) is 0 Å². The van der Waals surface area contributed by atoms with Gasteiger partial charge in [0.25, 0.3) is 0 Å². The van der Waals surface area contributed by atoms with Crippen LogP contribution in [0.3, 0.4) is 0 Å². The summed E-state index contributed by atoms with van der Waals surface area (Å²) < 4.78 is 6.15. The Labute approximate surface area is 226 Å². The maximum Gasteiger partial charge on any atom is 0.248 e. The van der Waals surface area contributed by atoms with Gasteiger partial charge in [0.2, 0.25) is 5.91 Å². The van der Waals surface area contributed by atoms with Crippen LogP contribution in [0.2, 0.25) is 0 Å². The summed E-state index contributed by atoms with van der Waals surface area (Å²) in [5, 5.41) is 8.33. The first-order chi connectivity index (χ1) is 19.0. The van der Waals surface area contributed by atoms with Crippen LogP contribution in [0.25, 0.3) is 21.8 Å². The number of amides is 1. The van der Waals surface area contributed by atoms with Gasteiger partial charge in [-0.3, -0.25) is 9.69 Å². The Balaban J connectivity index is 1.18. The van der Waals surface area contributed by atoms with Crippen LogP contribution in [-0.4, -0.2) is 45.4 Å². The van der Waals surface area contributed by atoms with Crippen molar-refractivity contribution in [2.75, 3.05) is 24.2 Å². The van der Waals surface area contributed by atoms with Crippen molar-refractivity contribution in [2.45, 2.75) is 25.8 Å². The number of nitrogens with zero attached hydrogens (tertiary/aromatic N) is 3. The molecule has 1 atom stereocenters. The average Bonchev–Trinajstić information content (AvgIpc) is 3.57. The first-order valence-electron chi connectivity index (χ1n) is 13.1. The molecule has 0 radical (unpaired) electrons. The van der Waals surface area contributed by atoms with Gasteiger partial charge < -0.3 is 20.4 Å². The summed E-state index contributed by atoms with van der Waals surface area (Å²) in [4.78, 5) is 26.9. The lowest BCUT2D eigenvalue weighted by molar-refractivity contribution is -0.111. The second kappa shape index (κ2) is 10.6. The molecular formula is C31H30N6O2. The topological polar surface area (TPSA) is 95.2 Å². The van der Waals surface area contributed by atoms with E-state index in [-0.39, 0.29) is 5.91 Å². The SMILES string of the molecule is Cc1cc(Nc2ncnc3ccc(NC(=O)/C=C/C4CCCN4C)cc23)ccc1Oc1ccc2cc[nH]c2c1. The van der Waals surface area contributed by atoms with Crippen LogP contribution < -0.4 is 15.4 Å². The average molecular weight is 519 g/mol. The van der Waals surface area contributed by atoms with Crippen LogP contribution in [-0.2, 0) is 4.79 Å². The quantitative estimate of drug-likeness (QED) is 0.212. The molecule has 8 nitrogen and oxygen atoms in total. The number of likely N-dealkylation sites (tertiary alicyclic amines) is 1. The molecule has 0 bridgehead atoms. The van der Waals surface area contributed by atoms with Crippen LogP contribution in [0.1, 0.15) is 18.4 Å². The number of fused-ring (bicyclic) bond motifs is 2. The van der Waals surface area contributed by atoms with Crippen molar-refractivity contribution in [1.82, 2.24) is 19.9 Å². The fourth-order valence-corrected chi connectivity index (χ4v) is 4.99. The Morgan fingerprint density at radius 1 is 1.08 bits per heavy atom. The second-order valence-corrected chi connectivity index (χ2v) is 9.93. The van der Waals surface area contributed by atoms with Crippen molar-refractivity contribution in [3.63, 3.8) is 0 Å². The molecule has 1 saturated heterocycles. The van der Waals surface area contributed by atoms with Gasteiger partial charge in [0.15, 0.2) is 0 Å².